The van der Waals surface area contributed by atoms with E-state index >= 15 is 0 Å². The van der Waals surface area contributed by atoms with Crippen molar-refractivity contribution < 1.29 is 19.1 Å². The Kier molecular flexibility index (Phi) is 9.77. The van der Waals surface area contributed by atoms with Gasteiger partial charge in [-0.3, -0.25) is 9.59 Å². The summed E-state index contributed by atoms with van der Waals surface area (Å²) in [6, 6.07) is 12.8. The third kappa shape index (κ3) is 7.49. The van der Waals surface area contributed by atoms with E-state index in [1.807, 2.05) is 56.3 Å². The molecular weight excluding hydrogens is 484 g/mol. The zero-order valence-electron chi connectivity index (χ0n) is 20.4. The molecule has 0 bridgehead atoms. The first-order valence-corrected chi connectivity index (χ1v) is 12.0. The number of hydrogen-bond acceptors (Lipinski definition) is 4. The molecule has 1 atom stereocenters. The summed E-state index contributed by atoms with van der Waals surface area (Å²) in [7, 11) is 1.60. The van der Waals surface area contributed by atoms with Crippen molar-refractivity contribution in [3.63, 3.8) is 0 Å². The van der Waals surface area contributed by atoms with Gasteiger partial charge >= 0.3 is 0 Å². The van der Waals surface area contributed by atoms with E-state index in [2.05, 4.69) is 42.0 Å². The maximum atomic E-state index is 13.3. The van der Waals surface area contributed by atoms with E-state index in [9.17, 15) is 9.59 Å². The van der Waals surface area contributed by atoms with Gasteiger partial charge in [-0.2, -0.15) is 0 Å². The van der Waals surface area contributed by atoms with Gasteiger partial charge in [0.1, 0.15) is 17.5 Å². The molecule has 6 nitrogen and oxygen atoms in total. The first kappa shape index (κ1) is 26.7. The van der Waals surface area contributed by atoms with Crippen molar-refractivity contribution in [2.45, 2.75) is 59.0 Å². The van der Waals surface area contributed by atoms with E-state index < -0.39 is 6.04 Å². The highest BCUT2D eigenvalue weighted by Crippen LogP contribution is 2.31. The van der Waals surface area contributed by atoms with Crippen molar-refractivity contribution in [1.29, 1.82) is 0 Å². The summed E-state index contributed by atoms with van der Waals surface area (Å²) in [4.78, 5) is 27.6. The van der Waals surface area contributed by atoms with Crippen LogP contribution in [-0.4, -0.2) is 43.0 Å². The zero-order valence-corrected chi connectivity index (χ0v) is 22.0. The topological polar surface area (TPSA) is 67.9 Å². The van der Waals surface area contributed by atoms with Gasteiger partial charge in [-0.15, -0.1) is 0 Å². The molecule has 0 spiro atoms. The molecule has 0 aromatic heterocycles. The number of carbonyl (C=O) groups is 2. The Balaban J connectivity index is 2.24. The van der Waals surface area contributed by atoms with Gasteiger partial charge in [-0.1, -0.05) is 45.9 Å². The number of methoxy groups -OCH3 is 1. The summed E-state index contributed by atoms with van der Waals surface area (Å²) < 4.78 is 12.0. The summed E-state index contributed by atoms with van der Waals surface area (Å²) in [5, 5.41) is 2.84. The third-order valence-corrected chi connectivity index (χ3v) is 5.99. The quantitative estimate of drug-likeness (QED) is 0.476. The maximum Gasteiger partial charge on any atom is 0.261 e. The van der Waals surface area contributed by atoms with E-state index in [1.54, 1.807) is 12.0 Å². The molecule has 0 saturated carbocycles. The first-order chi connectivity index (χ1) is 15.6. The fourth-order valence-electron chi connectivity index (χ4n) is 3.49. The molecule has 33 heavy (non-hydrogen) atoms. The number of nitrogens with one attached hydrogen (secondary N) is 1. The van der Waals surface area contributed by atoms with Gasteiger partial charge in [0.05, 0.1) is 11.6 Å². The molecule has 0 heterocycles. The Morgan fingerprint density at radius 2 is 1.85 bits per heavy atom. The number of ether oxygens (including phenoxy) is 2. The van der Waals surface area contributed by atoms with Gasteiger partial charge in [-0.25, -0.2) is 0 Å². The minimum absolute atomic E-state index is 0.00535. The minimum atomic E-state index is -0.598. The lowest BCUT2D eigenvalue weighted by atomic mass is 9.87. The van der Waals surface area contributed by atoms with Crippen LogP contribution < -0.4 is 14.8 Å². The number of amides is 2. The van der Waals surface area contributed by atoms with Crippen LogP contribution in [-0.2, 0) is 21.5 Å². The lowest BCUT2D eigenvalue weighted by molar-refractivity contribution is -0.142. The van der Waals surface area contributed by atoms with Crippen LogP contribution in [0.2, 0.25) is 0 Å². The monoisotopic (exact) mass is 518 g/mol. The average molecular weight is 519 g/mol. The highest BCUT2D eigenvalue weighted by Gasteiger charge is 2.29. The number of likely N-dealkylation sites (N-methyl/N-ethyl adjacent to an activating group) is 1. The van der Waals surface area contributed by atoms with Crippen molar-refractivity contribution in [2.24, 2.45) is 0 Å². The van der Waals surface area contributed by atoms with Crippen LogP contribution in [0.25, 0.3) is 0 Å². The Morgan fingerprint density at radius 3 is 2.42 bits per heavy atom. The fraction of sp³-hybridized carbons (Fsp3) is 0.462. The molecule has 0 aliphatic carbocycles. The first-order valence-electron chi connectivity index (χ1n) is 11.2. The largest absolute Gasteiger partial charge is 0.497 e. The smallest absolute Gasteiger partial charge is 0.261 e. The second-order valence-electron chi connectivity index (χ2n) is 8.88. The lowest BCUT2D eigenvalue weighted by Gasteiger charge is -2.30. The number of halogens is 1. The van der Waals surface area contributed by atoms with Crippen LogP contribution in [0.4, 0.5) is 0 Å². The summed E-state index contributed by atoms with van der Waals surface area (Å²) in [6.45, 7) is 10.8. The molecule has 180 valence electrons. The average Bonchev–Trinajstić information content (AvgIpc) is 2.77. The van der Waals surface area contributed by atoms with Crippen LogP contribution in [0.5, 0.6) is 11.5 Å². The second-order valence-corrected chi connectivity index (χ2v) is 9.73. The van der Waals surface area contributed by atoms with Gasteiger partial charge in [0.2, 0.25) is 5.91 Å². The number of benzene rings is 2. The number of carbonyl (C=O) groups excluding carboxylic acids is 2. The fourth-order valence-corrected chi connectivity index (χ4v) is 3.98. The summed E-state index contributed by atoms with van der Waals surface area (Å²) in [5.74, 6) is 0.850. The molecule has 0 aliphatic heterocycles. The molecule has 2 amide bonds. The number of rotatable bonds is 10. The molecule has 0 unspecified atom stereocenters. The van der Waals surface area contributed by atoms with Crippen molar-refractivity contribution in [2.75, 3.05) is 20.3 Å². The zero-order chi connectivity index (χ0) is 24.6. The molecule has 0 saturated heterocycles. The Bertz CT molecular complexity index is 956. The summed E-state index contributed by atoms with van der Waals surface area (Å²) in [6.07, 6.45) is 0.492. The van der Waals surface area contributed by atoms with Gasteiger partial charge < -0.3 is 19.7 Å². The third-order valence-electron chi connectivity index (χ3n) is 5.37. The normalized spacial score (nSPS) is 12.1. The highest BCUT2D eigenvalue weighted by molar-refractivity contribution is 9.10. The summed E-state index contributed by atoms with van der Waals surface area (Å²) >= 11 is 3.55. The van der Waals surface area contributed by atoms with Crippen LogP contribution in [0.1, 0.15) is 52.2 Å². The van der Waals surface area contributed by atoms with Crippen molar-refractivity contribution in [3.05, 3.63) is 58.1 Å². The van der Waals surface area contributed by atoms with E-state index in [0.29, 0.717) is 24.5 Å². The second kappa shape index (κ2) is 12.1. The molecule has 2 aromatic carbocycles. The Labute approximate surface area is 205 Å². The summed E-state index contributed by atoms with van der Waals surface area (Å²) in [5.41, 5.74) is 2.04. The van der Waals surface area contributed by atoms with E-state index in [1.165, 1.54) is 0 Å². The Morgan fingerprint density at radius 1 is 1.12 bits per heavy atom. The molecule has 0 fully saturated rings. The number of nitrogens with zero attached hydrogens (tertiary/aromatic N) is 1. The predicted molar refractivity (Wildman–Crippen MR) is 135 cm³/mol. The van der Waals surface area contributed by atoms with Crippen LogP contribution in [0, 0.1) is 0 Å². The van der Waals surface area contributed by atoms with Crippen LogP contribution in [0.3, 0.4) is 0 Å². The maximum absolute atomic E-state index is 13.3. The van der Waals surface area contributed by atoms with Gasteiger partial charge in [-0.05, 0) is 70.1 Å². The van der Waals surface area contributed by atoms with Gasteiger partial charge in [0, 0.05) is 13.1 Å². The van der Waals surface area contributed by atoms with E-state index in [-0.39, 0.29) is 30.4 Å². The van der Waals surface area contributed by atoms with Crippen LogP contribution in [0.15, 0.2) is 46.9 Å². The number of hydrogen-bond donors (Lipinski definition) is 1. The van der Waals surface area contributed by atoms with Crippen LogP contribution >= 0.6 is 15.9 Å². The van der Waals surface area contributed by atoms with Crippen molar-refractivity contribution in [1.82, 2.24) is 10.2 Å². The molecule has 7 heteroatoms. The molecule has 1 N–H and O–H groups in total. The van der Waals surface area contributed by atoms with Crippen molar-refractivity contribution >= 4 is 27.7 Å². The molecule has 2 rings (SSSR count). The Hall–Kier alpha value is -2.54. The van der Waals surface area contributed by atoms with Crippen molar-refractivity contribution in [3.8, 4) is 11.5 Å². The standard InChI is InChI=1S/C26H35BrN2O4/c1-7-22(25(31)28-8-2)29(16-18-10-9-11-20(14-18)32-6)24(30)17-33-23-13-12-19(15-21(23)27)26(3,4)5/h9-15,22H,7-8,16-17H2,1-6H3,(H,28,31)/t22-/m1/s1. The molecule has 0 aliphatic rings. The van der Waals surface area contributed by atoms with Gasteiger partial charge in [0.15, 0.2) is 6.61 Å². The minimum Gasteiger partial charge on any atom is -0.497 e. The highest BCUT2D eigenvalue weighted by atomic mass is 79.9. The molecular formula is C26H35BrN2O4. The predicted octanol–water partition coefficient (Wildman–Crippen LogP) is 5.08. The van der Waals surface area contributed by atoms with Gasteiger partial charge in [0.25, 0.3) is 5.91 Å². The van der Waals surface area contributed by atoms with E-state index in [4.69, 9.17) is 9.47 Å². The lowest BCUT2D eigenvalue weighted by Crippen LogP contribution is -2.50. The SMILES string of the molecule is CCNC(=O)[C@@H](CC)N(Cc1cccc(OC)c1)C(=O)COc1ccc(C(C)(C)C)cc1Br. The molecule has 0 radical (unpaired) electrons. The van der Waals surface area contributed by atoms with E-state index in [0.717, 1.165) is 15.6 Å². The molecule has 2 aromatic rings.